The normalized spacial score (nSPS) is 8.95. The maximum Gasteiger partial charge on any atom is 0.394 e. The van der Waals surface area contributed by atoms with Crippen molar-refractivity contribution in [3.63, 3.8) is 0 Å². The summed E-state index contributed by atoms with van der Waals surface area (Å²) in [5.41, 5.74) is 0. The van der Waals surface area contributed by atoms with Crippen LogP contribution in [0.1, 0.15) is 12.8 Å². The summed E-state index contributed by atoms with van der Waals surface area (Å²) < 4.78 is 31.6. The summed E-state index contributed by atoms with van der Waals surface area (Å²) in [5, 5.41) is 30.5. The van der Waals surface area contributed by atoms with Crippen molar-refractivity contribution in [3.05, 3.63) is 0 Å². The van der Waals surface area contributed by atoms with Crippen LogP contribution in [-0.2, 0) is 39.4 Å². The van der Waals surface area contributed by atoms with Crippen LogP contribution in [0.15, 0.2) is 0 Å². The molecule has 0 amide bonds. The van der Waals surface area contributed by atoms with Gasteiger partial charge in [0.05, 0.1) is 0 Å². The first-order chi connectivity index (χ1) is 9.33. The Labute approximate surface area is 115 Å². The highest BCUT2D eigenvalue weighted by Gasteiger charge is 2.10. The molecule has 0 saturated carbocycles. The fourth-order valence-corrected chi connectivity index (χ4v) is 0.312. The highest BCUT2D eigenvalue weighted by Crippen LogP contribution is 1.85. The molecule has 14 nitrogen and oxygen atoms in total. The summed E-state index contributed by atoms with van der Waals surface area (Å²) in [6, 6.07) is 0. The van der Waals surface area contributed by atoms with E-state index in [2.05, 4.69) is 9.78 Å². The number of aliphatic carboxylic acids is 2. The van der Waals surface area contributed by atoms with Crippen LogP contribution in [0.4, 0.5) is 0 Å². The Morgan fingerprint density at radius 2 is 1.00 bits per heavy atom. The molecule has 0 saturated heterocycles. The summed E-state index contributed by atoms with van der Waals surface area (Å²) in [6.45, 7) is 0. The smallest absolute Gasteiger partial charge is 0.394 e. The van der Waals surface area contributed by atoms with Gasteiger partial charge in [0.1, 0.15) is 12.8 Å². The highest BCUT2D eigenvalue weighted by molar-refractivity contribution is 7.79. The number of rotatable bonds is 4. The number of carbonyl (C=O) groups excluding carboxylic acids is 2. The summed E-state index contributed by atoms with van der Waals surface area (Å²) >= 11 is 0. The van der Waals surface area contributed by atoms with E-state index in [0.29, 0.717) is 0 Å². The van der Waals surface area contributed by atoms with Crippen molar-refractivity contribution >= 4 is 34.3 Å². The van der Waals surface area contributed by atoms with Crippen LogP contribution in [0.25, 0.3) is 0 Å². The molecular weight excluding hydrogens is 328 g/mol. The third-order valence-corrected chi connectivity index (χ3v) is 0.795. The van der Waals surface area contributed by atoms with Gasteiger partial charge in [0, 0.05) is 0 Å². The van der Waals surface area contributed by atoms with E-state index in [9.17, 15) is 19.2 Å². The second-order valence-electron chi connectivity index (χ2n) is 2.52. The van der Waals surface area contributed by atoms with Crippen LogP contribution in [0.5, 0.6) is 0 Å². The van der Waals surface area contributed by atoms with Crippen LogP contribution in [0, 0.1) is 0 Å². The lowest BCUT2D eigenvalue weighted by atomic mass is 10.5. The van der Waals surface area contributed by atoms with Gasteiger partial charge >= 0.3 is 34.3 Å². The van der Waals surface area contributed by atoms with Crippen molar-refractivity contribution in [3.8, 4) is 0 Å². The Balaban J connectivity index is -0.000000242. The van der Waals surface area contributed by atoms with E-state index in [1.807, 2.05) is 0 Å². The highest BCUT2D eigenvalue weighted by atomic mass is 32.3. The summed E-state index contributed by atoms with van der Waals surface area (Å²) in [7, 11) is -4.67. The SMILES string of the molecule is O=C(CC(=O)OO)OO.O=C(O)CC(=O)O.O=S(=O)(O)O. The first-order valence-corrected chi connectivity index (χ1v) is 5.55. The Morgan fingerprint density at radius 3 is 1.10 bits per heavy atom. The van der Waals surface area contributed by atoms with Gasteiger partial charge in [-0.2, -0.15) is 18.9 Å². The van der Waals surface area contributed by atoms with Gasteiger partial charge in [-0.1, -0.05) is 0 Å². The average molecular weight is 338 g/mol. The molecule has 0 unspecified atom stereocenters. The average Bonchev–Trinajstić information content (AvgIpc) is 2.25. The Morgan fingerprint density at radius 1 is 0.762 bits per heavy atom. The quantitative estimate of drug-likeness (QED) is 0.145. The minimum Gasteiger partial charge on any atom is -0.481 e. The van der Waals surface area contributed by atoms with Gasteiger partial charge in [0.25, 0.3) is 0 Å². The summed E-state index contributed by atoms with van der Waals surface area (Å²) in [5.74, 6) is -5.00. The molecule has 0 aromatic heterocycles. The Kier molecular flexibility index (Phi) is 14.3. The fourth-order valence-electron chi connectivity index (χ4n) is 0.312. The predicted octanol–water partition coefficient (Wildman–Crippen LogP) is -1.70. The van der Waals surface area contributed by atoms with Crippen LogP contribution < -0.4 is 0 Å². The molecule has 0 spiro atoms. The van der Waals surface area contributed by atoms with Gasteiger partial charge in [0.2, 0.25) is 0 Å². The van der Waals surface area contributed by atoms with Crippen molar-refractivity contribution in [2.24, 2.45) is 0 Å². The molecule has 0 aromatic rings. The van der Waals surface area contributed by atoms with E-state index in [4.69, 9.17) is 38.3 Å². The van der Waals surface area contributed by atoms with E-state index in [1.165, 1.54) is 0 Å². The molecule has 15 heteroatoms. The lowest BCUT2D eigenvalue weighted by Gasteiger charge is -1.90. The van der Waals surface area contributed by atoms with E-state index < -0.39 is 47.1 Å². The van der Waals surface area contributed by atoms with Crippen molar-refractivity contribution in [1.29, 1.82) is 0 Å². The monoisotopic (exact) mass is 338 g/mol. The molecule has 0 bridgehead atoms. The molecule has 0 fully saturated rings. The van der Waals surface area contributed by atoms with E-state index >= 15 is 0 Å². The van der Waals surface area contributed by atoms with Crippen molar-refractivity contribution in [2.75, 3.05) is 0 Å². The van der Waals surface area contributed by atoms with Crippen molar-refractivity contribution < 1.29 is 67.2 Å². The standard InChI is InChI=1S/C3H4O6.C3H4O4.H2O4S/c4-2(8-6)1-3(5)9-7;4-2(5)1-3(6)7;1-5(2,3)4/h6-7H,1H2;1H2,(H,4,5)(H,6,7);(H2,1,2,3,4). The van der Waals surface area contributed by atoms with Gasteiger partial charge in [0.15, 0.2) is 0 Å². The first kappa shape index (κ1) is 23.7. The van der Waals surface area contributed by atoms with Crippen LogP contribution in [0.3, 0.4) is 0 Å². The van der Waals surface area contributed by atoms with E-state index in [1.54, 1.807) is 0 Å². The van der Waals surface area contributed by atoms with Crippen molar-refractivity contribution in [2.45, 2.75) is 12.8 Å². The minimum atomic E-state index is -4.67. The second kappa shape index (κ2) is 12.7. The van der Waals surface area contributed by atoms with Gasteiger partial charge in [-0.25, -0.2) is 9.59 Å². The number of hydrogen-bond acceptors (Lipinski definition) is 10. The first-order valence-electron chi connectivity index (χ1n) is 4.15. The van der Waals surface area contributed by atoms with Gasteiger partial charge in [-0.3, -0.25) is 18.7 Å². The molecule has 0 radical (unpaired) electrons. The zero-order chi connectivity index (χ0) is 17.6. The lowest BCUT2D eigenvalue weighted by Crippen LogP contribution is -2.10. The van der Waals surface area contributed by atoms with Gasteiger partial charge in [-0.15, -0.1) is 0 Å². The van der Waals surface area contributed by atoms with Crippen LogP contribution >= 0.6 is 0 Å². The molecule has 0 aliphatic carbocycles. The molecule has 0 aromatic carbocycles. The van der Waals surface area contributed by atoms with Crippen LogP contribution in [-0.4, -0.2) is 62.1 Å². The minimum absolute atomic E-state index is 0.806. The molecule has 6 N–H and O–H groups in total. The largest absolute Gasteiger partial charge is 0.481 e. The number of carboxylic acid groups (broad SMARTS) is 2. The van der Waals surface area contributed by atoms with E-state index in [0.717, 1.165) is 0 Å². The maximum absolute atomic E-state index is 9.90. The maximum atomic E-state index is 9.90. The molecule has 21 heavy (non-hydrogen) atoms. The molecule has 0 rings (SSSR count). The molecule has 0 aliphatic heterocycles. The molecule has 124 valence electrons. The lowest BCUT2D eigenvalue weighted by molar-refractivity contribution is -0.247. The fraction of sp³-hybridized carbons (Fsp3) is 0.333. The summed E-state index contributed by atoms with van der Waals surface area (Å²) in [6.07, 6.45) is -1.62. The number of carbonyl (C=O) groups is 4. The van der Waals surface area contributed by atoms with Crippen molar-refractivity contribution in [1.82, 2.24) is 0 Å². The molecule has 0 heterocycles. The predicted molar refractivity (Wildman–Crippen MR) is 56.1 cm³/mol. The second-order valence-corrected chi connectivity index (χ2v) is 3.41. The number of hydrogen-bond donors (Lipinski definition) is 6. The molecular formula is C6H10O14S. The molecule has 0 aliphatic rings. The number of carboxylic acids is 2. The summed E-state index contributed by atoms with van der Waals surface area (Å²) in [4.78, 5) is 44.8. The third kappa shape index (κ3) is 46.4. The van der Waals surface area contributed by atoms with Gasteiger partial charge < -0.3 is 20.0 Å². The van der Waals surface area contributed by atoms with Gasteiger partial charge in [-0.05, 0) is 0 Å². The van der Waals surface area contributed by atoms with E-state index in [-0.39, 0.29) is 0 Å². The molecule has 0 atom stereocenters. The third-order valence-electron chi connectivity index (χ3n) is 0.795. The zero-order valence-electron chi connectivity index (χ0n) is 9.77. The zero-order valence-corrected chi connectivity index (χ0v) is 10.6. The van der Waals surface area contributed by atoms with Crippen LogP contribution in [0.2, 0.25) is 0 Å². The Hall–Kier alpha value is -2.33. The topological polar surface area (TPSA) is 242 Å². The Bertz CT molecular complexity index is 414.